The lowest BCUT2D eigenvalue weighted by Crippen LogP contribution is -2.44. The molecule has 7 heteroatoms. The maximum absolute atomic E-state index is 12.1. The third-order valence-electron chi connectivity index (χ3n) is 2.50. The third-order valence-corrected chi connectivity index (χ3v) is 4.28. The van der Waals surface area contributed by atoms with Crippen LogP contribution in [0.25, 0.3) is 0 Å². The SMILES string of the molecule is Cc1ncc(S(=O)(=O)N2CCOC(C)C2)[nH]1. The number of nitrogens with zero attached hydrogens (tertiary/aromatic N) is 2. The topological polar surface area (TPSA) is 75.3 Å². The number of aromatic nitrogens is 2. The van der Waals surface area contributed by atoms with Crippen LogP contribution in [0.2, 0.25) is 0 Å². The molecule has 0 radical (unpaired) electrons. The van der Waals surface area contributed by atoms with Crippen molar-refractivity contribution < 1.29 is 13.2 Å². The van der Waals surface area contributed by atoms with E-state index in [0.717, 1.165) is 0 Å². The highest BCUT2D eigenvalue weighted by atomic mass is 32.2. The predicted octanol–water partition coefficient (Wildman–Crippen LogP) is 0.128. The number of aromatic amines is 1. The molecule has 1 aromatic heterocycles. The molecule has 90 valence electrons. The van der Waals surface area contributed by atoms with Crippen LogP contribution >= 0.6 is 0 Å². The Labute approximate surface area is 94.7 Å². The quantitative estimate of drug-likeness (QED) is 0.803. The first-order chi connectivity index (χ1) is 7.50. The molecular formula is C9H15N3O3S. The minimum absolute atomic E-state index is 0.0625. The van der Waals surface area contributed by atoms with Gasteiger partial charge in [0.25, 0.3) is 10.0 Å². The summed E-state index contributed by atoms with van der Waals surface area (Å²) in [6, 6.07) is 0. The second-order valence-electron chi connectivity index (χ2n) is 3.88. The molecule has 1 unspecified atom stereocenters. The van der Waals surface area contributed by atoms with Crippen molar-refractivity contribution in [1.82, 2.24) is 14.3 Å². The lowest BCUT2D eigenvalue weighted by molar-refractivity contribution is 0.0101. The average molecular weight is 245 g/mol. The standard InChI is InChI=1S/C9H15N3O3S/c1-7-6-12(3-4-15-7)16(13,14)9-5-10-8(2)11-9/h5,7H,3-4,6H2,1-2H3,(H,10,11). The van der Waals surface area contributed by atoms with E-state index in [9.17, 15) is 8.42 Å². The van der Waals surface area contributed by atoms with Crippen LogP contribution in [0.15, 0.2) is 11.2 Å². The number of ether oxygens (including phenoxy) is 1. The summed E-state index contributed by atoms with van der Waals surface area (Å²) >= 11 is 0. The van der Waals surface area contributed by atoms with E-state index in [4.69, 9.17) is 4.74 Å². The van der Waals surface area contributed by atoms with E-state index in [0.29, 0.717) is 25.5 Å². The van der Waals surface area contributed by atoms with Crippen LogP contribution in [0, 0.1) is 6.92 Å². The Morgan fingerprint density at radius 3 is 2.94 bits per heavy atom. The minimum Gasteiger partial charge on any atom is -0.376 e. The predicted molar refractivity (Wildman–Crippen MR) is 57.5 cm³/mol. The highest BCUT2D eigenvalue weighted by Gasteiger charge is 2.30. The molecule has 1 fully saturated rings. The van der Waals surface area contributed by atoms with Crippen molar-refractivity contribution in [1.29, 1.82) is 0 Å². The number of sulfonamides is 1. The molecule has 1 aliphatic heterocycles. The molecule has 0 amide bonds. The van der Waals surface area contributed by atoms with Gasteiger partial charge in [0.15, 0.2) is 5.03 Å². The summed E-state index contributed by atoms with van der Waals surface area (Å²) in [7, 11) is -3.44. The highest BCUT2D eigenvalue weighted by molar-refractivity contribution is 7.89. The number of rotatable bonds is 2. The summed E-state index contributed by atoms with van der Waals surface area (Å²) in [5, 5.41) is 0.152. The van der Waals surface area contributed by atoms with Gasteiger partial charge in [0.05, 0.1) is 18.9 Å². The van der Waals surface area contributed by atoms with Crippen LogP contribution < -0.4 is 0 Å². The van der Waals surface area contributed by atoms with Gasteiger partial charge in [0.1, 0.15) is 5.82 Å². The van der Waals surface area contributed by atoms with E-state index in [1.807, 2.05) is 6.92 Å². The smallest absolute Gasteiger partial charge is 0.260 e. The van der Waals surface area contributed by atoms with Crippen LogP contribution in [0.3, 0.4) is 0 Å². The Kier molecular flexibility index (Phi) is 3.00. The molecular weight excluding hydrogens is 230 g/mol. The first-order valence-electron chi connectivity index (χ1n) is 5.13. The normalized spacial score (nSPS) is 23.5. The first-order valence-corrected chi connectivity index (χ1v) is 6.57. The van der Waals surface area contributed by atoms with Crippen LogP contribution in [-0.2, 0) is 14.8 Å². The number of H-pyrrole nitrogens is 1. The first kappa shape index (κ1) is 11.6. The maximum atomic E-state index is 12.1. The number of imidazole rings is 1. The number of hydrogen-bond donors (Lipinski definition) is 1. The number of nitrogens with one attached hydrogen (secondary N) is 1. The van der Waals surface area contributed by atoms with Gasteiger partial charge < -0.3 is 9.72 Å². The van der Waals surface area contributed by atoms with Crippen LogP contribution in [0.4, 0.5) is 0 Å². The van der Waals surface area contributed by atoms with Gasteiger partial charge in [-0.2, -0.15) is 4.31 Å². The molecule has 6 nitrogen and oxygen atoms in total. The highest BCUT2D eigenvalue weighted by Crippen LogP contribution is 2.16. The molecule has 0 aromatic carbocycles. The van der Waals surface area contributed by atoms with Gasteiger partial charge in [-0.1, -0.05) is 0 Å². The van der Waals surface area contributed by atoms with E-state index >= 15 is 0 Å². The van der Waals surface area contributed by atoms with Gasteiger partial charge in [-0.3, -0.25) is 0 Å². The maximum Gasteiger partial charge on any atom is 0.260 e. The minimum atomic E-state index is -3.44. The molecule has 1 aromatic rings. The van der Waals surface area contributed by atoms with Crippen molar-refractivity contribution in [3.05, 3.63) is 12.0 Å². The second-order valence-corrected chi connectivity index (χ2v) is 5.78. The Morgan fingerprint density at radius 1 is 1.62 bits per heavy atom. The summed E-state index contributed by atoms with van der Waals surface area (Å²) < 4.78 is 31.0. The summed E-state index contributed by atoms with van der Waals surface area (Å²) in [6.07, 6.45) is 1.29. The number of aryl methyl sites for hydroxylation is 1. The average Bonchev–Trinajstić information content (AvgIpc) is 2.65. The van der Waals surface area contributed by atoms with Crippen molar-refractivity contribution >= 4 is 10.0 Å². The third kappa shape index (κ3) is 2.11. The van der Waals surface area contributed by atoms with Gasteiger partial charge in [-0.25, -0.2) is 13.4 Å². The molecule has 0 spiro atoms. The number of morpholine rings is 1. The zero-order valence-electron chi connectivity index (χ0n) is 9.30. The van der Waals surface area contributed by atoms with Gasteiger partial charge >= 0.3 is 0 Å². The Bertz CT molecular complexity index is 468. The fourth-order valence-electron chi connectivity index (χ4n) is 1.67. The fraction of sp³-hybridized carbons (Fsp3) is 0.667. The Hall–Kier alpha value is -0.920. The Morgan fingerprint density at radius 2 is 2.38 bits per heavy atom. The lowest BCUT2D eigenvalue weighted by Gasteiger charge is -2.29. The molecule has 16 heavy (non-hydrogen) atoms. The lowest BCUT2D eigenvalue weighted by atomic mass is 10.3. The Balaban J connectivity index is 2.25. The van der Waals surface area contributed by atoms with Gasteiger partial charge in [-0.05, 0) is 13.8 Å². The summed E-state index contributed by atoms with van der Waals surface area (Å²) in [5.74, 6) is 0.597. The molecule has 1 N–H and O–H groups in total. The van der Waals surface area contributed by atoms with Crippen LogP contribution in [-0.4, -0.2) is 48.5 Å². The van der Waals surface area contributed by atoms with Crippen molar-refractivity contribution in [3.63, 3.8) is 0 Å². The largest absolute Gasteiger partial charge is 0.376 e. The molecule has 2 rings (SSSR count). The van der Waals surface area contributed by atoms with Crippen LogP contribution in [0.1, 0.15) is 12.7 Å². The zero-order chi connectivity index (χ0) is 11.8. The molecule has 0 bridgehead atoms. The monoisotopic (exact) mass is 245 g/mol. The summed E-state index contributed by atoms with van der Waals surface area (Å²) in [4.78, 5) is 6.65. The van der Waals surface area contributed by atoms with Gasteiger partial charge in [-0.15, -0.1) is 0 Å². The number of hydrogen-bond acceptors (Lipinski definition) is 4. The molecule has 1 atom stereocenters. The van der Waals surface area contributed by atoms with Crippen molar-refractivity contribution in [2.24, 2.45) is 0 Å². The van der Waals surface area contributed by atoms with Crippen molar-refractivity contribution in [2.45, 2.75) is 25.0 Å². The van der Waals surface area contributed by atoms with Crippen molar-refractivity contribution in [2.75, 3.05) is 19.7 Å². The van der Waals surface area contributed by atoms with E-state index < -0.39 is 10.0 Å². The van der Waals surface area contributed by atoms with E-state index in [1.54, 1.807) is 6.92 Å². The molecule has 1 aliphatic rings. The van der Waals surface area contributed by atoms with Crippen LogP contribution in [0.5, 0.6) is 0 Å². The summed E-state index contributed by atoms with van der Waals surface area (Å²) in [5.41, 5.74) is 0. The van der Waals surface area contributed by atoms with E-state index in [2.05, 4.69) is 9.97 Å². The molecule has 1 saturated heterocycles. The van der Waals surface area contributed by atoms with E-state index in [1.165, 1.54) is 10.5 Å². The van der Waals surface area contributed by atoms with Gasteiger partial charge in [0, 0.05) is 13.1 Å². The van der Waals surface area contributed by atoms with Crippen molar-refractivity contribution in [3.8, 4) is 0 Å². The fourth-order valence-corrected chi connectivity index (χ4v) is 3.14. The molecule has 0 aliphatic carbocycles. The second kappa shape index (κ2) is 4.15. The molecule has 2 heterocycles. The van der Waals surface area contributed by atoms with Gasteiger partial charge in [0.2, 0.25) is 0 Å². The molecule has 0 saturated carbocycles. The summed E-state index contributed by atoms with van der Waals surface area (Å²) in [6.45, 7) is 4.81. The zero-order valence-corrected chi connectivity index (χ0v) is 10.1. The van der Waals surface area contributed by atoms with E-state index in [-0.39, 0.29) is 11.1 Å².